The van der Waals surface area contributed by atoms with Crippen molar-refractivity contribution in [3.63, 3.8) is 0 Å². The molecule has 0 radical (unpaired) electrons. The largest absolute Gasteiger partial charge is 0.357 e. The molecule has 0 aromatic heterocycles. The van der Waals surface area contributed by atoms with Crippen LogP contribution >= 0.6 is 0 Å². The molecule has 0 unspecified atom stereocenters. The normalized spacial score (nSPS) is 19.6. The molecule has 26 heavy (non-hydrogen) atoms. The second kappa shape index (κ2) is 8.64. The Hall–Kier alpha value is -1.93. The molecule has 8 heteroatoms. The molecule has 1 aromatic rings. The summed E-state index contributed by atoms with van der Waals surface area (Å²) in [6, 6.07) is 8.01. The second-order valence-electron chi connectivity index (χ2n) is 6.65. The summed E-state index contributed by atoms with van der Waals surface area (Å²) < 4.78 is 25.4. The number of benzene rings is 1. The smallest absolute Gasteiger partial charge is 0.242 e. The molecule has 1 N–H and O–H groups in total. The number of carbonyl (C=O) groups excluding carboxylic acids is 2. The zero-order valence-corrected chi connectivity index (χ0v) is 16.3. The van der Waals surface area contributed by atoms with Crippen molar-refractivity contribution in [1.82, 2.24) is 14.5 Å². The molecule has 144 valence electrons. The number of carbonyl (C=O) groups is 2. The minimum atomic E-state index is -3.48. The predicted molar refractivity (Wildman–Crippen MR) is 100.0 cm³/mol. The Morgan fingerprint density at radius 1 is 1.27 bits per heavy atom. The van der Waals surface area contributed by atoms with Gasteiger partial charge in [0.2, 0.25) is 21.8 Å². The summed E-state index contributed by atoms with van der Waals surface area (Å²) >= 11 is 0. The third kappa shape index (κ3) is 4.82. The molecule has 7 nitrogen and oxygen atoms in total. The molecular formula is C18H27N3O4S. The van der Waals surface area contributed by atoms with Gasteiger partial charge in [0.05, 0.1) is 6.26 Å². The van der Waals surface area contributed by atoms with E-state index in [9.17, 15) is 18.0 Å². The SMILES string of the molecule is CNC(=O)[C@H](Cc1ccccc1)N(C)C(=O)[C@@H]1CCCCN1S(C)(=O)=O. The number of piperidine rings is 1. The monoisotopic (exact) mass is 381 g/mol. The molecule has 1 saturated heterocycles. The second-order valence-corrected chi connectivity index (χ2v) is 8.59. The molecule has 0 saturated carbocycles. The first kappa shape index (κ1) is 20.4. The topological polar surface area (TPSA) is 86.8 Å². The van der Waals surface area contributed by atoms with E-state index in [0.717, 1.165) is 24.7 Å². The molecule has 2 atom stereocenters. The average Bonchev–Trinajstić information content (AvgIpc) is 2.64. The van der Waals surface area contributed by atoms with Crippen LogP contribution in [0.15, 0.2) is 30.3 Å². The Morgan fingerprint density at radius 2 is 1.92 bits per heavy atom. The fourth-order valence-corrected chi connectivity index (χ4v) is 4.47. The van der Waals surface area contributed by atoms with Gasteiger partial charge in [-0.2, -0.15) is 4.31 Å². The highest BCUT2D eigenvalue weighted by Gasteiger charge is 2.38. The van der Waals surface area contributed by atoms with E-state index in [-0.39, 0.29) is 11.8 Å². The van der Waals surface area contributed by atoms with Gasteiger partial charge in [0.1, 0.15) is 12.1 Å². The van der Waals surface area contributed by atoms with Gasteiger partial charge in [0.25, 0.3) is 0 Å². The highest BCUT2D eigenvalue weighted by molar-refractivity contribution is 7.88. The van der Waals surface area contributed by atoms with E-state index in [1.54, 1.807) is 7.05 Å². The molecule has 0 spiro atoms. The van der Waals surface area contributed by atoms with Crippen LogP contribution in [0.2, 0.25) is 0 Å². The molecule has 1 aromatic carbocycles. The number of amides is 2. The maximum absolute atomic E-state index is 13.0. The van der Waals surface area contributed by atoms with Crippen LogP contribution in [0.25, 0.3) is 0 Å². The van der Waals surface area contributed by atoms with Crippen LogP contribution in [0.3, 0.4) is 0 Å². The van der Waals surface area contributed by atoms with E-state index in [0.29, 0.717) is 19.4 Å². The van der Waals surface area contributed by atoms with Crippen molar-refractivity contribution in [3.05, 3.63) is 35.9 Å². The van der Waals surface area contributed by atoms with Crippen LogP contribution in [0, 0.1) is 0 Å². The first-order valence-electron chi connectivity index (χ1n) is 8.74. The average molecular weight is 381 g/mol. The zero-order chi connectivity index (χ0) is 19.3. The van der Waals surface area contributed by atoms with Crippen LogP contribution in [0.5, 0.6) is 0 Å². The minimum Gasteiger partial charge on any atom is -0.357 e. The number of hydrogen-bond acceptors (Lipinski definition) is 4. The van der Waals surface area contributed by atoms with Crippen LogP contribution in [0.1, 0.15) is 24.8 Å². The summed E-state index contributed by atoms with van der Waals surface area (Å²) in [6.07, 6.45) is 3.50. The van der Waals surface area contributed by atoms with Crippen molar-refractivity contribution < 1.29 is 18.0 Å². The maximum Gasteiger partial charge on any atom is 0.242 e. The van der Waals surface area contributed by atoms with E-state index in [1.165, 1.54) is 16.3 Å². The fourth-order valence-electron chi connectivity index (χ4n) is 3.35. The van der Waals surface area contributed by atoms with Gasteiger partial charge in [-0.05, 0) is 18.4 Å². The lowest BCUT2D eigenvalue weighted by atomic mass is 10.0. The van der Waals surface area contributed by atoms with Crippen LogP contribution in [-0.2, 0) is 26.0 Å². The molecule has 1 aliphatic rings. The summed E-state index contributed by atoms with van der Waals surface area (Å²) in [5.74, 6) is -0.605. The number of likely N-dealkylation sites (N-methyl/N-ethyl adjacent to an activating group) is 2. The molecular weight excluding hydrogens is 354 g/mol. The van der Waals surface area contributed by atoms with Crippen LogP contribution < -0.4 is 5.32 Å². The van der Waals surface area contributed by atoms with E-state index in [2.05, 4.69) is 5.32 Å². The maximum atomic E-state index is 13.0. The first-order chi connectivity index (χ1) is 12.3. The zero-order valence-electron chi connectivity index (χ0n) is 15.5. The number of nitrogens with zero attached hydrogens (tertiary/aromatic N) is 2. The lowest BCUT2D eigenvalue weighted by molar-refractivity contribution is -0.142. The highest BCUT2D eigenvalue weighted by Crippen LogP contribution is 2.22. The Labute approximate surface area is 155 Å². The number of sulfonamides is 1. The lowest BCUT2D eigenvalue weighted by Gasteiger charge is -2.37. The van der Waals surface area contributed by atoms with Crippen molar-refractivity contribution in [2.75, 3.05) is 26.9 Å². The third-order valence-corrected chi connectivity index (χ3v) is 6.09. The van der Waals surface area contributed by atoms with E-state index >= 15 is 0 Å². The minimum absolute atomic E-state index is 0.272. The van der Waals surface area contributed by atoms with Gasteiger partial charge in [-0.1, -0.05) is 36.8 Å². The Kier molecular flexibility index (Phi) is 6.77. The van der Waals surface area contributed by atoms with Gasteiger partial charge in [-0.3, -0.25) is 9.59 Å². The van der Waals surface area contributed by atoms with Crippen molar-refractivity contribution in [1.29, 1.82) is 0 Å². The lowest BCUT2D eigenvalue weighted by Crippen LogP contribution is -2.56. The summed E-state index contributed by atoms with van der Waals surface area (Å²) in [4.78, 5) is 26.8. The van der Waals surface area contributed by atoms with Crippen molar-refractivity contribution >= 4 is 21.8 Å². The molecule has 0 aliphatic carbocycles. The quantitative estimate of drug-likeness (QED) is 0.782. The van der Waals surface area contributed by atoms with Gasteiger partial charge in [0, 0.05) is 27.1 Å². The molecule has 1 aliphatic heterocycles. The summed E-state index contributed by atoms with van der Waals surface area (Å²) in [6.45, 7) is 0.340. The van der Waals surface area contributed by atoms with Gasteiger partial charge in [0.15, 0.2) is 0 Å². The van der Waals surface area contributed by atoms with Crippen molar-refractivity contribution in [2.45, 2.75) is 37.8 Å². The van der Waals surface area contributed by atoms with Gasteiger partial charge in [-0.15, -0.1) is 0 Å². The van der Waals surface area contributed by atoms with E-state index in [1.807, 2.05) is 30.3 Å². The molecule has 2 rings (SSSR count). The van der Waals surface area contributed by atoms with Crippen molar-refractivity contribution in [2.24, 2.45) is 0 Å². The van der Waals surface area contributed by atoms with Crippen molar-refractivity contribution in [3.8, 4) is 0 Å². The standard InChI is InChI=1S/C18H27N3O4S/c1-19-17(22)16(13-14-9-5-4-6-10-14)20(2)18(23)15-11-7-8-12-21(15)26(3,24)25/h4-6,9-10,15-16H,7-8,11-13H2,1-3H3,(H,19,22)/t15-,16-/m0/s1. The molecule has 2 amide bonds. The first-order valence-corrected chi connectivity index (χ1v) is 10.6. The van der Waals surface area contributed by atoms with Gasteiger partial charge in [-0.25, -0.2) is 8.42 Å². The molecule has 1 fully saturated rings. The van der Waals surface area contributed by atoms with Gasteiger partial charge >= 0.3 is 0 Å². The Bertz CT molecular complexity index is 736. The molecule has 1 heterocycles. The van der Waals surface area contributed by atoms with E-state index < -0.39 is 22.1 Å². The molecule has 0 bridgehead atoms. The fraction of sp³-hybridized carbons (Fsp3) is 0.556. The number of nitrogens with one attached hydrogen (secondary N) is 1. The predicted octanol–water partition coefficient (Wildman–Crippen LogP) is 0.616. The Balaban J connectivity index is 2.24. The summed E-state index contributed by atoms with van der Waals surface area (Å²) in [7, 11) is -0.379. The number of rotatable bonds is 6. The number of hydrogen-bond donors (Lipinski definition) is 1. The summed E-state index contributed by atoms with van der Waals surface area (Å²) in [5.41, 5.74) is 0.935. The van der Waals surface area contributed by atoms with E-state index in [4.69, 9.17) is 0 Å². The van der Waals surface area contributed by atoms with Crippen LogP contribution in [0.4, 0.5) is 0 Å². The van der Waals surface area contributed by atoms with Crippen LogP contribution in [-0.4, -0.2) is 68.4 Å². The Morgan fingerprint density at radius 3 is 2.50 bits per heavy atom. The highest BCUT2D eigenvalue weighted by atomic mass is 32.2. The van der Waals surface area contributed by atoms with Gasteiger partial charge < -0.3 is 10.2 Å². The summed E-state index contributed by atoms with van der Waals surface area (Å²) in [5, 5.41) is 2.60. The third-order valence-electron chi connectivity index (χ3n) is 4.80.